The average Bonchev–Trinajstić information content (AvgIpc) is 3.39. The van der Waals surface area contributed by atoms with Gasteiger partial charge in [0.25, 0.3) is 0 Å². The van der Waals surface area contributed by atoms with Gasteiger partial charge in [0, 0.05) is 19.0 Å². The van der Waals surface area contributed by atoms with Crippen LogP contribution in [0.1, 0.15) is 49.1 Å². The fourth-order valence-corrected chi connectivity index (χ4v) is 4.01. The summed E-state index contributed by atoms with van der Waals surface area (Å²) >= 11 is 5.32. The van der Waals surface area contributed by atoms with Gasteiger partial charge in [-0.05, 0) is 55.4 Å². The number of amides is 1. The van der Waals surface area contributed by atoms with Crippen molar-refractivity contribution >= 4 is 18.1 Å². The maximum atomic E-state index is 12.8. The number of fused-ring (bicyclic) bond motifs is 1. The van der Waals surface area contributed by atoms with Crippen molar-refractivity contribution in [2.24, 2.45) is 5.41 Å². The zero-order valence-electron chi connectivity index (χ0n) is 14.5. The summed E-state index contributed by atoms with van der Waals surface area (Å²) in [6, 6.07) is 8.45. The van der Waals surface area contributed by atoms with Crippen LogP contribution in [-0.2, 0) is 24.2 Å². The molecule has 1 aromatic heterocycles. The van der Waals surface area contributed by atoms with Crippen molar-refractivity contribution in [1.82, 2.24) is 20.1 Å². The van der Waals surface area contributed by atoms with E-state index in [0.29, 0.717) is 23.8 Å². The highest BCUT2D eigenvalue weighted by Gasteiger charge is 2.36. The highest BCUT2D eigenvalue weighted by molar-refractivity contribution is 7.71. The Morgan fingerprint density at radius 2 is 2.16 bits per heavy atom. The van der Waals surface area contributed by atoms with Crippen LogP contribution in [0.15, 0.2) is 24.3 Å². The molecule has 6 heteroatoms. The Morgan fingerprint density at radius 1 is 1.40 bits per heavy atom. The topological polar surface area (TPSA) is 62.7 Å². The van der Waals surface area contributed by atoms with Gasteiger partial charge in [-0.2, -0.15) is 5.10 Å². The second-order valence-corrected chi connectivity index (χ2v) is 7.96. The lowest BCUT2D eigenvalue weighted by molar-refractivity contribution is -0.130. The molecule has 25 heavy (non-hydrogen) atoms. The summed E-state index contributed by atoms with van der Waals surface area (Å²) in [6.07, 6.45) is 5.05. The smallest absolute Gasteiger partial charge is 0.226 e. The van der Waals surface area contributed by atoms with Gasteiger partial charge in [-0.15, -0.1) is 0 Å². The molecule has 132 valence electrons. The maximum absolute atomic E-state index is 12.8. The molecule has 1 heterocycles. The summed E-state index contributed by atoms with van der Waals surface area (Å²) in [5.41, 5.74) is 2.36. The Labute approximate surface area is 152 Å². The van der Waals surface area contributed by atoms with Crippen LogP contribution in [0, 0.1) is 10.2 Å². The van der Waals surface area contributed by atoms with E-state index >= 15 is 0 Å². The molecule has 0 saturated heterocycles. The van der Waals surface area contributed by atoms with Crippen LogP contribution in [0.5, 0.6) is 0 Å². The second kappa shape index (κ2) is 6.41. The van der Waals surface area contributed by atoms with E-state index in [1.54, 1.807) is 0 Å². The zero-order valence-corrected chi connectivity index (χ0v) is 15.4. The monoisotopic (exact) mass is 356 g/mol. The van der Waals surface area contributed by atoms with Crippen LogP contribution in [0.4, 0.5) is 0 Å². The Hall–Kier alpha value is -1.95. The molecule has 2 aliphatic rings. The number of rotatable bonds is 5. The predicted molar refractivity (Wildman–Crippen MR) is 99.0 cm³/mol. The summed E-state index contributed by atoms with van der Waals surface area (Å²) in [5, 5.41) is 10.3. The summed E-state index contributed by atoms with van der Waals surface area (Å²) in [5.74, 6) is 1.72. The number of H-pyrrole nitrogens is 1. The lowest BCUT2D eigenvalue weighted by Crippen LogP contribution is -2.43. The third-order valence-corrected chi connectivity index (χ3v) is 5.86. The van der Waals surface area contributed by atoms with Crippen molar-refractivity contribution in [3.8, 4) is 0 Å². The third kappa shape index (κ3) is 3.27. The Balaban J connectivity index is 1.38. The molecule has 5 nitrogen and oxygen atoms in total. The maximum Gasteiger partial charge on any atom is 0.226 e. The number of carbonyl (C=O) groups excluding carboxylic acids is 1. The molecule has 0 bridgehead atoms. The van der Waals surface area contributed by atoms with E-state index in [0.717, 1.165) is 25.1 Å². The molecule has 4 rings (SSSR count). The minimum Gasteiger partial charge on any atom is -0.354 e. The lowest BCUT2D eigenvalue weighted by atomic mass is 9.72. The van der Waals surface area contributed by atoms with Crippen LogP contribution < -0.4 is 5.32 Å². The molecule has 1 aromatic carbocycles. The standard InChI is InChI=1S/C19H24N4OS/c1-19(9-8-13-4-2-3-5-15(13)12-19)17(24)20-10-11-23-16(14-6-7-14)21-22-18(23)25/h2-5,14H,6-12H2,1H3,(H,20,24)(H,22,25)/t19-/m0/s1. The fourth-order valence-electron chi connectivity index (χ4n) is 3.78. The number of hydrogen-bond donors (Lipinski definition) is 2. The van der Waals surface area contributed by atoms with Crippen molar-refractivity contribution in [3.05, 3.63) is 46.0 Å². The highest BCUT2D eigenvalue weighted by atomic mass is 32.1. The van der Waals surface area contributed by atoms with Gasteiger partial charge >= 0.3 is 0 Å². The molecular formula is C19H24N4OS. The number of benzene rings is 1. The van der Waals surface area contributed by atoms with Crippen molar-refractivity contribution in [3.63, 3.8) is 0 Å². The first-order valence-electron chi connectivity index (χ1n) is 9.07. The minimum absolute atomic E-state index is 0.144. The molecule has 1 saturated carbocycles. The molecule has 1 amide bonds. The summed E-state index contributed by atoms with van der Waals surface area (Å²) < 4.78 is 2.68. The van der Waals surface area contributed by atoms with E-state index < -0.39 is 0 Å². The quantitative estimate of drug-likeness (QED) is 0.809. The normalized spacial score (nSPS) is 22.4. The summed E-state index contributed by atoms with van der Waals surface area (Å²) in [7, 11) is 0. The summed E-state index contributed by atoms with van der Waals surface area (Å²) in [4.78, 5) is 12.8. The zero-order chi connectivity index (χ0) is 17.4. The number of hydrogen-bond acceptors (Lipinski definition) is 3. The van der Waals surface area contributed by atoms with Crippen molar-refractivity contribution in [2.75, 3.05) is 6.54 Å². The van der Waals surface area contributed by atoms with Crippen LogP contribution in [0.3, 0.4) is 0 Å². The second-order valence-electron chi connectivity index (χ2n) is 7.57. The van der Waals surface area contributed by atoms with Gasteiger partial charge in [0.15, 0.2) is 4.77 Å². The molecule has 0 unspecified atom stereocenters. The molecule has 2 aliphatic carbocycles. The number of aromatic amines is 1. The first kappa shape index (κ1) is 16.5. The van der Waals surface area contributed by atoms with E-state index in [-0.39, 0.29) is 11.3 Å². The SMILES string of the molecule is C[C@]1(C(=O)NCCn2c(C3CC3)n[nH]c2=S)CCc2ccccc2C1. The van der Waals surface area contributed by atoms with Gasteiger partial charge in [0.2, 0.25) is 5.91 Å². The minimum atomic E-state index is -0.328. The molecule has 0 aliphatic heterocycles. The molecule has 2 aromatic rings. The number of nitrogens with zero attached hydrogens (tertiary/aromatic N) is 2. The van der Waals surface area contributed by atoms with E-state index in [9.17, 15) is 4.79 Å². The number of aromatic nitrogens is 3. The Morgan fingerprint density at radius 3 is 2.92 bits per heavy atom. The van der Waals surface area contributed by atoms with Gasteiger partial charge in [-0.25, -0.2) is 0 Å². The fraction of sp³-hybridized carbons (Fsp3) is 0.526. The Bertz CT molecular complexity index is 851. The van der Waals surface area contributed by atoms with Gasteiger partial charge in [-0.3, -0.25) is 9.89 Å². The van der Waals surface area contributed by atoms with E-state index in [1.807, 2.05) is 4.57 Å². The number of nitrogens with one attached hydrogen (secondary N) is 2. The largest absolute Gasteiger partial charge is 0.354 e. The third-order valence-electron chi connectivity index (χ3n) is 5.54. The van der Waals surface area contributed by atoms with Gasteiger partial charge < -0.3 is 9.88 Å². The molecular weight excluding hydrogens is 332 g/mol. The Kier molecular flexibility index (Phi) is 4.23. The number of carbonyl (C=O) groups is 1. The van der Waals surface area contributed by atoms with Crippen molar-refractivity contribution < 1.29 is 4.79 Å². The molecule has 2 N–H and O–H groups in total. The van der Waals surface area contributed by atoms with Crippen LogP contribution >= 0.6 is 12.2 Å². The van der Waals surface area contributed by atoms with Crippen LogP contribution in [0.25, 0.3) is 0 Å². The van der Waals surface area contributed by atoms with E-state index in [1.165, 1.54) is 24.0 Å². The van der Waals surface area contributed by atoms with Gasteiger partial charge in [0.05, 0.1) is 5.41 Å². The van der Waals surface area contributed by atoms with Crippen LogP contribution in [0.2, 0.25) is 0 Å². The highest BCUT2D eigenvalue weighted by Crippen LogP contribution is 2.39. The molecule has 0 spiro atoms. The van der Waals surface area contributed by atoms with Crippen molar-refractivity contribution in [2.45, 2.75) is 51.5 Å². The molecule has 1 fully saturated rings. The first-order chi connectivity index (χ1) is 12.1. The lowest BCUT2D eigenvalue weighted by Gasteiger charge is -2.33. The summed E-state index contributed by atoms with van der Waals surface area (Å²) in [6.45, 7) is 3.35. The van der Waals surface area contributed by atoms with Gasteiger partial charge in [-0.1, -0.05) is 31.2 Å². The van der Waals surface area contributed by atoms with E-state index in [2.05, 4.69) is 46.7 Å². The predicted octanol–water partition coefficient (Wildman–Crippen LogP) is 3.13. The van der Waals surface area contributed by atoms with Gasteiger partial charge in [0.1, 0.15) is 5.82 Å². The van der Waals surface area contributed by atoms with Crippen LogP contribution in [-0.4, -0.2) is 27.2 Å². The van der Waals surface area contributed by atoms with Crippen molar-refractivity contribution in [1.29, 1.82) is 0 Å². The molecule has 1 atom stereocenters. The van der Waals surface area contributed by atoms with E-state index in [4.69, 9.17) is 12.2 Å². The number of aryl methyl sites for hydroxylation is 1. The average molecular weight is 356 g/mol. The first-order valence-corrected chi connectivity index (χ1v) is 9.48. The molecule has 0 radical (unpaired) electrons.